The molecule has 2 aromatic heterocycles. The molecule has 0 saturated heterocycles. The first-order chi connectivity index (χ1) is 11.8. The fraction of sp³-hybridized carbons (Fsp3) is 0.316. The third-order valence-electron chi connectivity index (χ3n) is 4.56. The summed E-state index contributed by atoms with van der Waals surface area (Å²) in [5, 5.41) is 0. The quantitative estimate of drug-likeness (QED) is 0.725. The summed E-state index contributed by atoms with van der Waals surface area (Å²) in [5.74, 6) is 1.77. The molecule has 5 heteroatoms. The number of benzene rings is 1. The van der Waals surface area contributed by atoms with Crippen molar-refractivity contribution < 1.29 is 0 Å². The highest BCUT2D eigenvalue weighted by atomic mass is 15.2. The Balaban J connectivity index is 1.52. The number of rotatable bonds is 5. The summed E-state index contributed by atoms with van der Waals surface area (Å²) in [7, 11) is 0. The van der Waals surface area contributed by atoms with E-state index in [9.17, 15) is 0 Å². The number of aryl methyl sites for hydroxylation is 1. The fourth-order valence-corrected chi connectivity index (χ4v) is 3.28. The van der Waals surface area contributed by atoms with Gasteiger partial charge in [0.15, 0.2) is 5.82 Å². The van der Waals surface area contributed by atoms with Gasteiger partial charge in [0.2, 0.25) is 0 Å². The summed E-state index contributed by atoms with van der Waals surface area (Å²) in [5.41, 5.74) is 3.72. The number of imidazole rings is 1. The van der Waals surface area contributed by atoms with Crippen LogP contribution in [0.15, 0.2) is 48.9 Å². The summed E-state index contributed by atoms with van der Waals surface area (Å²) >= 11 is 0. The number of para-hydroxylation sites is 1. The van der Waals surface area contributed by atoms with Crippen molar-refractivity contribution >= 4 is 5.69 Å². The van der Waals surface area contributed by atoms with Crippen molar-refractivity contribution in [2.24, 2.45) is 0 Å². The molecule has 0 spiro atoms. The molecule has 24 heavy (non-hydrogen) atoms. The van der Waals surface area contributed by atoms with Crippen LogP contribution >= 0.6 is 0 Å². The normalized spacial score (nSPS) is 13.3. The van der Waals surface area contributed by atoms with Gasteiger partial charge in [-0.3, -0.25) is 0 Å². The summed E-state index contributed by atoms with van der Waals surface area (Å²) in [6, 6.07) is 10.6. The molecule has 1 aromatic carbocycles. The van der Waals surface area contributed by atoms with E-state index in [0.717, 1.165) is 49.8 Å². The third kappa shape index (κ3) is 2.77. The Kier molecular flexibility index (Phi) is 3.99. The molecule has 1 aliphatic heterocycles. The molecule has 0 saturated carbocycles. The van der Waals surface area contributed by atoms with Crippen LogP contribution in [0.3, 0.4) is 0 Å². The second kappa shape index (κ2) is 6.43. The van der Waals surface area contributed by atoms with Gasteiger partial charge in [-0.25, -0.2) is 15.0 Å². The summed E-state index contributed by atoms with van der Waals surface area (Å²) in [6.07, 6.45) is 7.67. The fourth-order valence-electron chi connectivity index (χ4n) is 3.28. The molecule has 0 atom stereocenters. The number of fused-ring (bicyclic) bond motifs is 1. The largest absolute Gasteiger partial charge is 0.369 e. The Morgan fingerprint density at radius 2 is 1.96 bits per heavy atom. The molecule has 0 unspecified atom stereocenters. The van der Waals surface area contributed by atoms with Crippen LogP contribution in [-0.2, 0) is 19.4 Å². The average Bonchev–Trinajstić information content (AvgIpc) is 3.27. The second-order valence-corrected chi connectivity index (χ2v) is 6.02. The molecule has 122 valence electrons. The van der Waals surface area contributed by atoms with E-state index in [-0.39, 0.29) is 0 Å². The molecule has 1 aliphatic rings. The predicted octanol–water partition coefficient (Wildman–Crippen LogP) is 2.97. The van der Waals surface area contributed by atoms with Gasteiger partial charge in [-0.05, 0) is 24.1 Å². The monoisotopic (exact) mass is 319 g/mol. The lowest BCUT2D eigenvalue weighted by molar-refractivity contribution is 0.671. The van der Waals surface area contributed by atoms with E-state index in [1.165, 1.54) is 11.3 Å². The highest BCUT2D eigenvalue weighted by Gasteiger charge is 2.18. The van der Waals surface area contributed by atoms with Crippen molar-refractivity contribution in [1.82, 2.24) is 19.5 Å². The Hall–Kier alpha value is -2.69. The van der Waals surface area contributed by atoms with Gasteiger partial charge in [-0.1, -0.05) is 25.1 Å². The number of hydrogen-bond donors (Lipinski definition) is 0. The minimum Gasteiger partial charge on any atom is -0.369 e. The Bertz CT molecular complexity index is 839. The topological polar surface area (TPSA) is 46.8 Å². The molecule has 0 aliphatic carbocycles. The first-order valence-electron chi connectivity index (χ1n) is 8.51. The molecule has 3 aromatic rings. The molecule has 0 bridgehead atoms. The molecule has 0 fully saturated rings. The lowest BCUT2D eigenvalue weighted by atomic mass is 10.2. The van der Waals surface area contributed by atoms with Crippen LogP contribution in [0.4, 0.5) is 5.69 Å². The first-order valence-corrected chi connectivity index (χ1v) is 8.51. The van der Waals surface area contributed by atoms with E-state index in [2.05, 4.69) is 55.6 Å². The number of nitrogens with zero attached hydrogens (tertiary/aromatic N) is 5. The van der Waals surface area contributed by atoms with Crippen LogP contribution in [0.25, 0.3) is 11.5 Å². The van der Waals surface area contributed by atoms with Crippen molar-refractivity contribution in [1.29, 1.82) is 0 Å². The zero-order valence-electron chi connectivity index (χ0n) is 13.9. The standard InChI is InChI=1S/C19H21N5/c1-2-18-20-9-7-16(22-18)19-21-10-12-24(19)14-13-23-11-8-15-5-3-4-6-17(15)23/h3-7,9-10,12H,2,8,11,13-14H2,1H3. The summed E-state index contributed by atoms with van der Waals surface area (Å²) in [4.78, 5) is 15.8. The van der Waals surface area contributed by atoms with Crippen molar-refractivity contribution in [2.45, 2.75) is 26.3 Å². The van der Waals surface area contributed by atoms with Gasteiger partial charge in [0.1, 0.15) is 11.5 Å². The van der Waals surface area contributed by atoms with Gasteiger partial charge in [0.05, 0.1) is 0 Å². The van der Waals surface area contributed by atoms with Crippen LogP contribution in [0.5, 0.6) is 0 Å². The van der Waals surface area contributed by atoms with Crippen LogP contribution in [0, 0.1) is 0 Å². The summed E-state index contributed by atoms with van der Waals surface area (Å²) < 4.78 is 2.18. The van der Waals surface area contributed by atoms with E-state index in [1.807, 2.05) is 24.7 Å². The maximum absolute atomic E-state index is 4.60. The number of anilines is 1. The average molecular weight is 319 g/mol. The molecule has 0 amide bonds. The SMILES string of the molecule is CCc1nccc(-c2nccn2CCN2CCc3ccccc32)n1. The minimum absolute atomic E-state index is 0.832. The van der Waals surface area contributed by atoms with Crippen molar-refractivity contribution in [3.63, 3.8) is 0 Å². The van der Waals surface area contributed by atoms with Gasteiger partial charge in [-0.15, -0.1) is 0 Å². The smallest absolute Gasteiger partial charge is 0.158 e. The van der Waals surface area contributed by atoms with Crippen molar-refractivity contribution in [2.75, 3.05) is 18.0 Å². The summed E-state index contributed by atoms with van der Waals surface area (Å²) in [6.45, 7) is 5.04. The van der Waals surface area contributed by atoms with Crippen LogP contribution in [0.2, 0.25) is 0 Å². The highest BCUT2D eigenvalue weighted by molar-refractivity contribution is 5.57. The Labute approximate surface area is 142 Å². The second-order valence-electron chi connectivity index (χ2n) is 6.02. The van der Waals surface area contributed by atoms with E-state index in [1.54, 1.807) is 0 Å². The van der Waals surface area contributed by atoms with Gasteiger partial charge in [0.25, 0.3) is 0 Å². The van der Waals surface area contributed by atoms with Crippen LogP contribution < -0.4 is 4.90 Å². The van der Waals surface area contributed by atoms with Crippen LogP contribution in [-0.4, -0.2) is 32.6 Å². The van der Waals surface area contributed by atoms with E-state index in [4.69, 9.17) is 0 Å². The number of hydrogen-bond acceptors (Lipinski definition) is 4. The van der Waals surface area contributed by atoms with Crippen LogP contribution in [0.1, 0.15) is 18.3 Å². The van der Waals surface area contributed by atoms with Gasteiger partial charge < -0.3 is 9.47 Å². The van der Waals surface area contributed by atoms with Gasteiger partial charge in [-0.2, -0.15) is 0 Å². The predicted molar refractivity (Wildman–Crippen MR) is 95.0 cm³/mol. The molecule has 3 heterocycles. The maximum atomic E-state index is 4.60. The Morgan fingerprint density at radius 1 is 1.04 bits per heavy atom. The number of aromatic nitrogens is 4. The molecule has 0 radical (unpaired) electrons. The van der Waals surface area contributed by atoms with Gasteiger partial charge >= 0.3 is 0 Å². The van der Waals surface area contributed by atoms with E-state index >= 15 is 0 Å². The molecule has 5 nitrogen and oxygen atoms in total. The minimum atomic E-state index is 0.832. The zero-order valence-corrected chi connectivity index (χ0v) is 13.9. The lowest BCUT2D eigenvalue weighted by Gasteiger charge is -2.20. The molecule has 0 N–H and O–H groups in total. The zero-order chi connectivity index (χ0) is 16.4. The van der Waals surface area contributed by atoms with Crippen molar-refractivity contribution in [3.05, 3.63) is 60.3 Å². The Morgan fingerprint density at radius 3 is 2.88 bits per heavy atom. The molecule has 4 rings (SSSR count). The molecular formula is C19H21N5. The van der Waals surface area contributed by atoms with E-state index < -0.39 is 0 Å². The van der Waals surface area contributed by atoms with E-state index in [0.29, 0.717) is 0 Å². The van der Waals surface area contributed by atoms with Gasteiger partial charge in [0, 0.05) is 50.3 Å². The maximum Gasteiger partial charge on any atom is 0.158 e. The highest BCUT2D eigenvalue weighted by Crippen LogP contribution is 2.27. The first kappa shape index (κ1) is 14.9. The third-order valence-corrected chi connectivity index (χ3v) is 4.56. The molecular weight excluding hydrogens is 298 g/mol. The van der Waals surface area contributed by atoms with Crippen molar-refractivity contribution in [3.8, 4) is 11.5 Å². The lowest BCUT2D eigenvalue weighted by Crippen LogP contribution is -2.25.